The van der Waals surface area contributed by atoms with E-state index < -0.39 is 0 Å². The van der Waals surface area contributed by atoms with Crippen LogP contribution >= 0.6 is 0 Å². The predicted octanol–water partition coefficient (Wildman–Crippen LogP) is 1.32. The minimum Gasteiger partial charge on any atom is -0.379 e. The quantitative estimate of drug-likeness (QED) is 0.342. The largest absolute Gasteiger partial charge is 0.379 e. The van der Waals surface area contributed by atoms with E-state index in [1.807, 2.05) is 6.92 Å². The lowest BCUT2D eigenvalue weighted by molar-refractivity contribution is 1.20. The third kappa shape index (κ3) is 4.81. The lowest BCUT2D eigenvalue weighted by Crippen LogP contribution is -1.99. The van der Waals surface area contributed by atoms with Gasteiger partial charge in [-0.15, -0.1) is 0 Å². The zero-order valence-corrected chi connectivity index (χ0v) is 5.89. The molecule has 0 rings (SSSR count). The van der Waals surface area contributed by atoms with Crippen molar-refractivity contribution in [3.8, 4) is 0 Å². The zero-order chi connectivity index (χ0) is 7.11. The van der Waals surface area contributed by atoms with E-state index in [4.69, 9.17) is 0 Å². The van der Waals surface area contributed by atoms with Gasteiger partial charge in [0.15, 0.2) is 0 Å². The normalized spacial score (nSPS) is 12.0. The summed E-state index contributed by atoms with van der Waals surface area (Å²) in [6, 6.07) is 0. The Balaban J connectivity index is 3.68. The van der Waals surface area contributed by atoms with Gasteiger partial charge in [0.25, 0.3) is 0 Å². The minimum atomic E-state index is 1.06. The van der Waals surface area contributed by atoms with E-state index >= 15 is 0 Å². The van der Waals surface area contributed by atoms with Crippen LogP contribution in [0, 0.1) is 0 Å². The number of aliphatic imine (C=N–C) groups is 1. The Bertz CT molecular complexity index is 134. The summed E-state index contributed by atoms with van der Waals surface area (Å²) in [6.45, 7) is 5.52. The molecule has 0 unspecified atom stereocenters. The number of allylic oxidation sites excluding steroid dienone is 2. The molecule has 50 valence electrons. The SMILES string of the molecule is C=C/C(C)=C\N=C/NC. The Morgan fingerprint density at radius 3 is 2.78 bits per heavy atom. The number of nitrogens with one attached hydrogen (secondary N) is 1. The molecule has 0 aromatic carbocycles. The first-order chi connectivity index (χ1) is 4.31. The van der Waals surface area contributed by atoms with Gasteiger partial charge in [-0.2, -0.15) is 0 Å². The van der Waals surface area contributed by atoms with Gasteiger partial charge in [-0.25, -0.2) is 4.99 Å². The van der Waals surface area contributed by atoms with Crippen LogP contribution in [0.4, 0.5) is 0 Å². The third-order valence-corrected chi connectivity index (χ3v) is 0.804. The van der Waals surface area contributed by atoms with E-state index in [9.17, 15) is 0 Å². The molecular formula is C7H12N2. The first-order valence-electron chi connectivity index (χ1n) is 2.79. The van der Waals surface area contributed by atoms with Gasteiger partial charge in [-0.3, -0.25) is 0 Å². The van der Waals surface area contributed by atoms with Crippen LogP contribution in [0.3, 0.4) is 0 Å². The highest BCUT2D eigenvalue weighted by molar-refractivity contribution is 5.54. The first-order valence-corrected chi connectivity index (χ1v) is 2.79. The average Bonchev–Trinajstić information content (AvgIpc) is 1.89. The van der Waals surface area contributed by atoms with Gasteiger partial charge in [0.2, 0.25) is 0 Å². The van der Waals surface area contributed by atoms with Crippen molar-refractivity contribution in [3.63, 3.8) is 0 Å². The molecule has 0 bridgehead atoms. The topological polar surface area (TPSA) is 24.4 Å². The molecule has 0 heterocycles. The van der Waals surface area contributed by atoms with Crippen molar-refractivity contribution in [1.82, 2.24) is 5.32 Å². The maximum Gasteiger partial charge on any atom is 0.0876 e. The molecular weight excluding hydrogens is 112 g/mol. The standard InChI is InChI=1S/C7H12N2/c1-4-7(2)5-9-6-8-3/h4-6H,1H2,2-3H3,(H,8,9)/b7-5-. The van der Waals surface area contributed by atoms with E-state index in [-0.39, 0.29) is 0 Å². The lowest BCUT2D eigenvalue weighted by Gasteiger charge is -1.84. The summed E-state index contributed by atoms with van der Waals surface area (Å²) >= 11 is 0. The maximum atomic E-state index is 3.89. The number of rotatable bonds is 3. The number of nitrogens with zero attached hydrogens (tertiary/aromatic N) is 1. The van der Waals surface area contributed by atoms with Crippen LogP contribution in [0.25, 0.3) is 0 Å². The van der Waals surface area contributed by atoms with Crippen LogP contribution in [0.1, 0.15) is 6.92 Å². The summed E-state index contributed by atoms with van der Waals surface area (Å²) in [5.74, 6) is 0. The Morgan fingerprint density at radius 2 is 2.33 bits per heavy atom. The van der Waals surface area contributed by atoms with Crippen LogP contribution in [0.2, 0.25) is 0 Å². The molecule has 0 amide bonds. The lowest BCUT2D eigenvalue weighted by atomic mass is 10.3. The highest BCUT2D eigenvalue weighted by atomic mass is 14.9. The van der Waals surface area contributed by atoms with Crippen LogP contribution in [0.15, 0.2) is 29.4 Å². The maximum absolute atomic E-state index is 3.89. The summed E-state index contributed by atoms with van der Waals surface area (Å²) in [5.41, 5.74) is 1.06. The summed E-state index contributed by atoms with van der Waals surface area (Å²) in [7, 11) is 1.81. The highest BCUT2D eigenvalue weighted by Crippen LogP contribution is 1.90. The second-order valence-corrected chi connectivity index (χ2v) is 1.64. The zero-order valence-electron chi connectivity index (χ0n) is 5.89. The van der Waals surface area contributed by atoms with E-state index in [0.717, 1.165) is 5.57 Å². The van der Waals surface area contributed by atoms with Crippen molar-refractivity contribution in [3.05, 3.63) is 24.4 Å². The number of hydrogen-bond donors (Lipinski definition) is 1. The second kappa shape index (κ2) is 5.09. The smallest absolute Gasteiger partial charge is 0.0876 e. The molecule has 0 aromatic heterocycles. The van der Waals surface area contributed by atoms with Gasteiger partial charge in [0.1, 0.15) is 0 Å². The van der Waals surface area contributed by atoms with Crippen molar-refractivity contribution in [2.24, 2.45) is 4.99 Å². The van der Waals surface area contributed by atoms with Gasteiger partial charge in [0.05, 0.1) is 6.34 Å². The molecule has 0 spiro atoms. The summed E-state index contributed by atoms with van der Waals surface area (Å²) in [6.07, 6.45) is 5.11. The van der Waals surface area contributed by atoms with Crippen molar-refractivity contribution in [2.75, 3.05) is 7.05 Å². The molecule has 0 aromatic rings. The highest BCUT2D eigenvalue weighted by Gasteiger charge is 1.72. The predicted molar refractivity (Wildman–Crippen MR) is 41.5 cm³/mol. The molecule has 0 aliphatic carbocycles. The summed E-state index contributed by atoms with van der Waals surface area (Å²) < 4.78 is 0. The fourth-order valence-electron chi connectivity index (χ4n) is 0.282. The van der Waals surface area contributed by atoms with Gasteiger partial charge in [-0.1, -0.05) is 12.7 Å². The molecule has 1 N–H and O–H groups in total. The second-order valence-electron chi connectivity index (χ2n) is 1.64. The van der Waals surface area contributed by atoms with Crippen molar-refractivity contribution in [1.29, 1.82) is 0 Å². The van der Waals surface area contributed by atoms with Crippen molar-refractivity contribution in [2.45, 2.75) is 6.92 Å². The molecule has 2 heteroatoms. The Kier molecular flexibility index (Phi) is 4.50. The summed E-state index contributed by atoms with van der Waals surface area (Å²) in [4.78, 5) is 3.89. The minimum absolute atomic E-state index is 1.06. The molecule has 9 heavy (non-hydrogen) atoms. The molecule has 0 aliphatic heterocycles. The van der Waals surface area contributed by atoms with Crippen LogP contribution in [0.5, 0.6) is 0 Å². The Labute approximate surface area is 56.0 Å². The average molecular weight is 124 g/mol. The monoisotopic (exact) mass is 124 g/mol. The van der Waals surface area contributed by atoms with Crippen molar-refractivity contribution >= 4 is 6.34 Å². The molecule has 0 aliphatic rings. The van der Waals surface area contributed by atoms with E-state index in [2.05, 4.69) is 16.9 Å². The van der Waals surface area contributed by atoms with Crippen LogP contribution in [-0.4, -0.2) is 13.4 Å². The molecule has 0 atom stereocenters. The first kappa shape index (κ1) is 7.95. The molecule has 0 saturated carbocycles. The van der Waals surface area contributed by atoms with Gasteiger partial charge >= 0.3 is 0 Å². The molecule has 0 saturated heterocycles. The van der Waals surface area contributed by atoms with Gasteiger partial charge in [-0.05, 0) is 12.5 Å². The Morgan fingerprint density at radius 1 is 1.67 bits per heavy atom. The van der Waals surface area contributed by atoms with Gasteiger partial charge in [0, 0.05) is 13.2 Å². The molecule has 0 radical (unpaired) electrons. The fourth-order valence-corrected chi connectivity index (χ4v) is 0.282. The van der Waals surface area contributed by atoms with E-state index in [1.165, 1.54) is 0 Å². The Hall–Kier alpha value is -1.05. The summed E-state index contributed by atoms with van der Waals surface area (Å²) in [5, 5.41) is 2.78. The van der Waals surface area contributed by atoms with Crippen molar-refractivity contribution < 1.29 is 0 Å². The third-order valence-electron chi connectivity index (χ3n) is 0.804. The van der Waals surface area contributed by atoms with E-state index in [0.29, 0.717) is 0 Å². The number of hydrogen-bond acceptors (Lipinski definition) is 1. The molecule has 2 nitrogen and oxygen atoms in total. The van der Waals surface area contributed by atoms with Gasteiger partial charge < -0.3 is 5.32 Å². The van der Waals surface area contributed by atoms with E-state index in [1.54, 1.807) is 25.7 Å². The fraction of sp³-hybridized carbons (Fsp3) is 0.286. The van der Waals surface area contributed by atoms with Crippen LogP contribution in [-0.2, 0) is 0 Å². The van der Waals surface area contributed by atoms with Crippen LogP contribution < -0.4 is 5.32 Å². The molecule has 0 fully saturated rings.